The van der Waals surface area contributed by atoms with Gasteiger partial charge in [-0.15, -0.1) is 0 Å². The second kappa shape index (κ2) is 5.98. The predicted molar refractivity (Wildman–Crippen MR) is 75.0 cm³/mol. The molecule has 1 nitrogen and oxygen atoms in total. The molecule has 0 bridgehead atoms. The van der Waals surface area contributed by atoms with Crippen LogP contribution in [0.4, 0.5) is 4.39 Å². The standard InChI is InChI=1S/C16H14ClFO/c1-11-5-6-15(18)9-13(11)10-16(19)8-12-3-2-4-14(17)7-12/h2-7,9H,8,10H2,1H3. The summed E-state index contributed by atoms with van der Waals surface area (Å²) in [5.74, 6) is -0.257. The van der Waals surface area contributed by atoms with Crippen molar-refractivity contribution in [2.24, 2.45) is 0 Å². The Bertz CT molecular complexity index is 607. The van der Waals surface area contributed by atoms with E-state index in [0.29, 0.717) is 11.4 Å². The van der Waals surface area contributed by atoms with Gasteiger partial charge in [-0.3, -0.25) is 4.79 Å². The Labute approximate surface area is 117 Å². The summed E-state index contributed by atoms with van der Waals surface area (Å²) in [6.45, 7) is 1.88. The first-order valence-corrected chi connectivity index (χ1v) is 6.43. The van der Waals surface area contributed by atoms with Crippen molar-refractivity contribution in [3.8, 4) is 0 Å². The third-order valence-corrected chi connectivity index (χ3v) is 3.22. The summed E-state index contributed by atoms with van der Waals surface area (Å²) < 4.78 is 13.1. The van der Waals surface area contributed by atoms with Crippen molar-refractivity contribution >= 4 is 17.4 Å². The van der Waals surface area contributed by atoms with Crippen molar-refractivity contribution in [1.29, 1.82) is 0 Å². The molecule has 0 aromatic heterocycles. The average molecular weight is 277 g/mol. The topological polar surface area (TPSA) is 17.1 Å². The lowest BCUT2D eigenvalue weighted by molar-refractivity contribution is -0.117. The third kappa shape index (κ3) is 3.90. The monoisotopic (exact) mass is 276 g/mol. The van der Waals surface area contributed by atoms with Gasteiger partial charge < -0.3 is 0 Å². The molecule has 0 saturated carbocycles. The Kier molecular flexibility index (Phi) is 4.33. The van der Waals surface area contributed by atoms with Gasteiger partial charge in [0.1, 0.15) is 11.6 Å². The zero-order valence-electron chi connectivity index (χ0n) is 10.6. The van der Waals surface area contributed by atoms with Crippen LogP contribution in [0.1, 0.15) is 16.7 Å². The number of carbonyl (C=O) groups is 1. The van der Waals surface area contributed by atoms with E-state index < -0.39 is 0 Å². The molecule has 98 valence electrons. The summed E-state index contributed by atoms with van der Waals surface area (Å²) in [5.41, 5.74) is 2.56. The summed E-state index contributed by atoms with van der Waals surface area (Å²) in [7, 11) is 0. The predicted octanol–water partition coefficient (Wildman–Crippen LogP) is 4.14. The summed E-state index contributed by atoms with van der Waals surface area (Å²) in [4.78, 5) is 12.0. The van der Waals surface area contributed by atoms with E-state index in [1.807, 2.05) is 19.1 Å². The van der Waals surface area contributed by atoms with Gasteiger partial charge in [0.15, 0.2) is 0 Å². The van der Waals surface area contributed by atoms with Crippen molar-refractivity contribution < 1.29 is 9.18 Å². The van der Waals surface area contributed by atoms with Gasteiger partial charge in [-0.05, 0) is 47.9 Å². The Hall–Kier alpha value is -1.67. The van der Waals surface area contributed by atoms with Crippen LogP contribution in [-0.4, -0.2) is 5.78 Å². The number of carbonyl (C=O) groups excluding carboxylic acids is 1. The van der Waals surface area contributed by atoms with Gasteiger partial charge in [0.05, 0.1) is 0 Å². The highest BCUT2D eigenvalue weighted by Crippen LogP contribution is 2.14. The fraction of sp³-hybridized carbons (Fsp3) is 0.188. The van der Waals surface area contributed by atoms with Crippen molar-refractivity contribution in [2.45, 2.75) is 19.8 Å². The van der Waals surface area contributed by atoms with E-state index in [9.17, 15) is 9.18 Å². The minimum absolute atomic E-state index is 0.0518. The molecule has 19 heavy (non-hydrogen) atoms. The molecule has 2 aromatic rings. The van der Waals surface area contributed by atoms with E-state index in [0.717, 1.165) is 16.7 Å². The summed E-state index contributed by atoms with van der Waals surface area (Å²) in [5, 5.41) is 0.618. The van der Waals surface area contributed by atoms with E-state index in [-0.39, 0.29) is 18.0 Å². The van der Waals surface area contributed by atoms with Gasteiger partial charge >= 0.3 is 0 Å². The fourth-order valence-corrected chi connectivity index (χ4v) is 2.19. The zero-order chi connectivity index (χ0) is 13.8. The van der Waals surface area contributed by atoms with E-state index in [2.05, 4.69) is 0 Å². The van der Waals surface area contributed by atoms with Crippen LogP contribution in [0.25, 0.3) is 0 Å². The molecule has 0 amide bonds. The zero-order valence-corrected chi connectivity index (χ0v) is 11.4. The molecule has 0 aliphatic heterocycles. The highest BCUT2D eigenvalue weighted by Gasteiger charge is 2.08. The van der Waals surface area contributed by atoms with E-state index in [1.54, 1.807) is 18.2 Å². The minimum Gasteiger partial charge on any atom is -0.299 e. The number of hydrogen-bond donors (Lipinski definition) is 0. The fourth-order valence-electron chi connectivity index (χ4n) is 1.98. The van der Waals surface area contributed by atoms with Gasteiger partial charge in [-0.1, -0.05) is 29.8 Å². The van der Waals surface area contributed by atoms with Crippen LogP contribution in [-0.2, 0) is 17.6 Å². The van der Waals surface area contributed by atoms with Crippen molar-refractivity contribution in [1.82, 2.24) is 0 Å². The number of Topliss-reactive ketones (excluding diaryl/α,β-unsaturated/α-hetero) is 1. The summed E-state index contributed by atoms with van der Waals surface area (Å²) in [6, 6.07) is 11.7. The van der Waals surface area contributed by atoms with Crippen LogP contribution in [0.3, 0.4) is 0 Å². The molecule has 0 unspecified atom stereocenters. The molecule has 2 rings (SSSR count). The van der Waals surface area contributed by atoms with E-state index >= 15 is 0 Å². The van der Waals surface area contributed by atoms with Gasteiger partial charge in [0.2, 0.25) is 0 Å². The lowest BCUT2D eigenvalue weighted by atomic mass is 9.99. The van der Waals surface area contributed by atoms with Gasteiger partial charge in [-0.25, -0.2) is 4.39 Å². The van der Waals surface area contributed by atoms with Gasteiger partial charge in [0.25, 0.3) is 0 Å². The highest BCUT2D eigenvalue weighted by atomic mass is 35.5. The second-order valence-electron chi connectivity index (χ2n) is 4.59. The van der Waals surface area contributed by atoms with Crippen molar-refractivity contribution in [2.75, 3.05) is 0 Å². The first kappa shape index (κ1) is 13.8. The normalized spacial score (nSPS) is 10.5. The molecular formula is C16H14ClFO. The molecule has 3 heteroatoms. The van der Waals surface area contributed by atoms with Crippen LogP contribution in [0, 0.1) is 12.7 Å². The lowest BCUT2D eigenvalue weighted by Gasteiger charge is -2.06. The maximum Gasteiger partial charge on any atom is 0.141 e. The number of ketones is 1. The quantitative estimate of drug-likeness (QED) is 0.820. The molecule has 0 spiro atoms. The molecule has 0 radical (unpaired) electrons. The lowest BCUT2D eigenvalue weighted by Crippen LogP contribution is -2.08. The number of aryl methyl sites for hydroxylation is 1. The third-order valence-electron chi connectivity index (χ3n) is 2.99. The number of hydrogen-bond acceptors (Lipinski definition) is 1. The maximum absolute atomic E-state index is 13.1. The summed E-state index contributed by atoms with van der Waals surface area (Å²) >= 11 is 5.87. The Morgan fingerprint density at radius 2 is 1.95 bits per heavy atom. The summed E-state index contributed by atoms with van der Waals surface area (Å²) in [6.07, 6.45) is 0.562. The van der Waals surface area contributed by atoms with Crippen molar-refractivity contribution in [3.05, 3.63) is 70.0 Å². The molecule has 0 fully saturated rings. The first-order valence-electron chi connectivity index (χ1n) is 6.06. The van der Waals surface area contributed by atoms with Crippen LogP contribution in [0.2, 0.25) is 5.02 Å². The molecular weight excluding hydrogens is 263 g/mol. The molecule has 0 aliphatic carbocycles. The SMILES string of the molecule is Cc1ccc(F)cc1CC(=O)Cc1cccc(Cl)c1. The average Bonchev–Trinajstić information content (AvgIpc) is 2.34. The Morgan fingerprint density at radius 1 is 1.16 bits per heavy atom. The first-order chi connectivity index (χ1) is 9.04. The van der Waals surface area contributed by atoms with Crippen LogP contribution < -0.4 is 0 Å². The molecule has 0 saturated heterocycles. The molecule has 0 aliphatic rings. The molecule has 0 N–H and O–H groups in total. The molecule has 2 aromatic carbocycles. The van der Waals surface area contributed by atoms with E-state index in [4.69, 9.17) is 11.6 Å². The Morgan fingerprint density at radius 3 is 2.68 bits per heavy atom. The van der Waals surface area contributed by atoms with Crippen LogP contribution in [0.5, 0.6) is 0 Å². The van der Waals surface area contributed by atoms with Crippen LogP contribution >= 0.6 is 11.6 Å². The minimum atomic E-state index is -0.309. The van der Waals surface area contributed by atoms with Gasteiger partial charge in [0, 0.05) is 17.9 Å². The number of rotatable bonds is 4. The van der Waals surface area contributed by atoms with Gasteiger partial charge in [-0.2, -0.15) is 0 Å². The highest BCUT2D eigenvalue weighted by molar-refractivity contribution is 6.30. The van der Waals surface area contributed by atoms with Crippen LogP contribution in [0.15, 0.2) is 42.5 Å². The Balaban J connectivity index is 2.07. The molecule has 0 heterocycles. The maximum atomic E-state index is 13.1. The second-order valence-corrected chi connectivity index (χ2v) is 5.03. The van der Waals surface area contributed by atoms with E-state index in [1.165, 1.54) is 12.1 Å². The largest absolute Gasteiger partial charge is 0.299 e. The molecule has 0 atom stereocenters. The number of benzene rings is 2. The number of halogens is 2. The van der Waals surface area contributed by atoms with Crippen molar-refractivity contribution in [3.63, 3.8) is 0 Å². The smallest absolute Gasteiger partial charge is 0.141 e.